The molecule has 0 aliphatic carbocycles. The van der Waals surface area contributed by atoms with Crippen molar-refractivity contribution in [2.24, 2.45) is 5.73 Å². The van der Waals surface area contributed by atoms with E-state index in [1.54, 1.807) is 4.31 Å². The number of unbranched alkanes of at least 4 members (excludes halogenated alkanes) is 1. The summed E-state index contributed by atoms with van der Waals surface area (Å²) in [4.78, 5) is 2.37. The SMILES string of the molecule is CN1C2CCC1CN(S(=O)(=O)CCCCN)CC2. The molecule has 2 rings (SSSR count). The molecule has 2 N–H and O–H groups in total. The average molecular weight is 275 g/mol. The molecule has 0 amide bonds. The van der Waals surface area contributed by atoms with Crippen LogP contribution in [0.2, 0.25) is 0 Å². The molecule has 0 aromatic carbocycles. The first kappa shape index (κ1) is 14.2. The summed E-state index contributed by atoms with van der Waals surface area (Å²) in [6.45, 7) is 1.94. The lowest BCUT2D eigenvalue weighted by atomic mass is 10.1. The molecule has 6 heteroatoms. The first-order valence-corrected chi connectivity index (χ1v) is 8.55. The maximum Gasteiger partial charge on any atom is 0.214 e. The average Bonchev–Trinajstić information content (AvgIpc) is 2.52. The van der Waals surface area contributed by atoms with Gasteiger partial charge in [-0.2, -0.15) is 0 Å². The van der Waals surface area contributed by atoms with E-state index in [-0.39, 0.29) is 5.75 Å². The Morgan fingerprint density at radius 3 is 2.61 bits per heavy atom. The molecule has 2 bridgehead atoms. The molecule has 0 spiro atoms. The van der Waals surface area contributed by atoms with Crippen LogP contribution >= 0.6 is 0 Å². The van der Waals surface area contributed by atoms with Crippen molar-refractivity contribution in [3.63, 3.8) is 0 Å². The van der Waals surface area contributed by atoms with Gasteiger partial charge in [-0.25, -0.2) is 12.7 Å². The maximum atomic E-state index is 12.3. The summed E-state index contributed by atoms with van der Waals surface area (Å²) >= 11 is 0. The molecule has 0 aromatic heterocycles. The van der Waals surface area contributed by atoms with Crippen molar-refractivity contribution in [1.29, 1.82) is 0 Å². The van der Waals surface area contributed by atoms with Gasteiger partial charge in [0.15, 0.2) is 0 Å². The van der Waals surface area contributed by atoms with Crippen molar-refractivity contribution in [2.75, 3.05) is 32.4 Å². The van der Waals surface area contributed by atoms with Gasteiger partial charge in [-0.1, -0.05) is 0 Å². The number of fused-ring (bicyclic) bond motifs is 2. The van der Waals surface area contributed by atoms with Crippen LogP contribution in [0.4, 0.5) is 0 Å². The van der Waals surface area contributed by atoms with Crippen molar-refractivity contribution in [3.05, 3.63) is 0 Å². The number of hydrogen-bond acceptors (Lipinski definition) is 4. The first-order valence-electron chi connectivity index (χ1n) is 6.94. The fourth-order valence-electron chi connectivity index (χ4n) is 3.09. The van der Waals surface area contributed by atoms with Crippen molar-refractivity contribution in [3.8, 4) is 0 Å². The summed E-state index contributed by atoms with van der Waals surface area (Å²) in [6, 6.07) is 1.00. The smallest absolute Gasteiger partial charge is 0.214 e. The molecule has 2 unspecified atom stereocenters. The summed E-state index contributed by atoms with van der Waals surface area (Å²) in [6.07, 6.45) is 4.81. The van der Waals surface area contributed by atoms with Crippen LogP contribution in [-0.2, 0) is 10.0 Å². The molecule has 0 radical (unpaired) electrons. The van der Waals surface area contributed by atoms with E-state index in [4.69, 9.17) is 5.73 Å². The van der Waals surface area contributed by atoms with Crippen LogP contribution in [0.15, 0.2) is 0 Å². The second kappa shape index (κ2) is 5.86. The van der Waals surface area contributed by atoms with Crippen molar-refractivity contribution >= 4 is 10.0 Å². The third kappa shape index (κ3) is 3.04. The van der Waals surface area contributed by atoms with Gasteiger partial charge in [-0.3, -0.25) is 4.90 Å². The molecule has 2 heterocycles. The third-order valence-electron chi connectivity index (χ3n) is 4.36. The lowest BCUT2D eigenvalue weighted by molar-refractivity contribution is 0.246. The Morgan fingerprint density at radius 1 is 1.17 bits per heavy atom. The van der Waals surface area contributed by atoms with E-state index >= 15 is 0 Å². The zero-order valence-corrected chi connectivity index (χ0v) is 12.0. The molecule has 2 aliphatic rings. The number of sulfonamides is 1. The lowest BCUT2D eigenvalue weighted by Crippen LogP contribution is -2.40. The number of nitrogens with two attached hydrogens (primary N) is 1. The minimum absolute atomic E-state index is 0.255. The summed E-state index contributed by atoms with van der Waals surface area (Å²) in [5, 5.41) is 0. The van der Waals surface area contributed by atoms with E-state index in [2.05, 4.69) is 11.9 Å². The highest BCUT2D eigenvalue weighted by atomic mass is 32.2. The summed E-state index contributed by atoms with van der Waals surface area (Å²) in [5.74, 6) is 0.255. The van der Waals surface area contributed by atoms with Crippen molar-refractivity contribution < 1.29 is 8.42 Å². The Morgan fingerprint density at radius 2 is 1.89 bits per heavy atom. The zero-order chi connectivity index (χ0) is 13.2. The van der Waals surface area contributed by atoms with Gasteiger partial charge in [-0.15, -0.1) is 0 Å². The van der Waals surface area contributed by atoms with Crippen LogP contribution in [0, 0.1) is 0 Å². The molecule has 0 aromatic rings. The number of rotatable bonds is 5. The van der Waals surface area contributed by atoms with Crippen LogP contribution in [0.1, 0.15) is 32.1 Å². The second-order valence-electron chi connectivity index (χ2n) is 5.51. The summed E-state index contributed by atoms with van der Waals surface area (Å²) in [5.41, 5.74) is 5.41. The van der Waals surface area contributed by atoms with Crippen LogP contribution in [-0.4, -0.2) is 62.1 Å². The molecule has 2 atom stereocenters. The Kier molecular flexibility index (Phi) is 4.64. The predicted molar refractivity (Wildman–Crippen MR) is 72.8 cm³/mol. The van der Waals surface area contributed by atoms with E-state index < -0.39 is 10.0 Å². The molecular weight excluding hydrogens is 250 g/mol. The Balaban J connectivity index is 1.96. The first-order chi connectivity index (χ1) is 8.54. The minimum Gasteiger partial charge on any atom is -0.330 e. The van der Waals surface area contributed by atoms with E-state index in [9.17, 15) is 8.42 Å². The van der Waals surface area contributed by atoms with Gasteiger partial charge in [0.05, 0.1) is 5.75 Å². The zero-order valence-electron chi connectivity index (χ0n) is 11.2. The summed E-state index contributed by atoms with van der Waals surface area (Å²) < 4.78 is 26.2. The standard InChI is InChI=1S/C12H25N3O2S/c1-14-11-4-5-12(14)10-15(8-6-11)18(16,17)9-3-2-7-13/h11-12H,2-10,13H2,1H3. The third-order valence-corrected chi connectivity index (χ3v) is 6.28. The van der Waals surface area contributed by atoms with Gasteiger partial charge < -0.3 is 5.73 Å². The molecule has 0 saturated carbocycles. The molecule has 5 nitrogen and oxygen atoms in total. The quantitative estimate of drug-likeness (QED) is 0.729. The molecule has 2 fully saturated rings. The van der Waals surface area contributed by atoms with Gasteiger partial charge in [0.2, 0.25) is 10.0 Å². The van der Waals surface area contributed by atoms with Crippen LogP contribution in [0.25, 0.3) is 0 Å². The predicted octanol–water partition coefficient (Wildman–Crippen LogP) is 0.224. The number of hydrogen-bond donors (Lipinski definition) is 1. The molecular formula is C12H25N3O2S. The Hall–Kier alpha value is -0.170. The van der Waals surface area contributed by atoms with E-state index in [1.807, 2.05) is 0 Å². The number of likely N-dealkylation sites (N-methyl/N-ethyl adjacent to an activating group) is 1. The summed E-state index contributed by atoms with van der Waals surface area (Å²) in [7, 11) is -0.942. The maximum absolute atomic E-state index is 12.3. The monoisotopic (exact) mass is 275 g/mol. The second-order valence-corrected chi connectivity index (χ2v) is 7.60. The van der Waals surface area contributed by atoms with Gasteiger partial charge in [0, 0.05) is 25.2 Å². The highest BCUT2D eigenvalue weighted by Gasteiger charge is 2.37. The minimum atomic E-state index is -3.07. The van der Waals surface area contributed by atoms with Crippen LogP contribution in [0.3, 0.4) is 0 Å². The van der Waals surface area contributed by atoms with E-state index in [0.717, 1.165) is 19.3 Å². The Bertz CT molecular complexity index is 372. The molecule has 2 aliphatic heterocycles. The highest BCUT2D eigenvalue weighted by molar-refractivity contribution is 7.89. The van der Waals surface area contributed by atoms with E-state index in [0.29, 0.717) is 38.1 Å². The largest absolute Gasteiger partial charge is 0.330 e. The molecule has 106 valence electrons. The molecule has 2 saturated heterocycles. The highest BCUT2D eigenvalue weighted by Crippen LogP contribution is 2.29. The fraction of sp³-hybridized carbons (Fsp3) is 1.00. The normalized spacial score (nSPS) is 30.6. The fourth-order valence-corrected chi connectivity index (χ4v) is 4.70. The van der Waals surface area contributed by atoms with Crippen molar-refractivity contribution in [1.82, 2.24) is 9.21 Å². The van der Waals surface area contributed by atoms with E-state index in [1.165, 1.54) is 6.42 Å². The van der Waals surface area contributed by atoms with Gasteiger partial charge >= 0.3 is 0 Å². The number of nitrogens with zero attached hydrogens (tertiary/aromatic N) is 2. The van der Waals surface area contributed by atoms with Crippen LogP contribution in [0.5, 0.6) is 0 Å². The van der Waals surface area contributed by atoms with Crippen LogP contribution < -0.4 is 5.73 Å². The Labute approximate surface area is 110 Å². The van der Waals surface area contributed by atoms with Crippen molar-refractivity contribution in [2.45, 2.75) is 44.2 Å². The lowest BCUT2D eigenvalue weighted by Gasteiger charge is -2.25. The molecule has 18 heavy (non-hydrogen) atoms. The van der Waals surface area contributed by atoms with Gasteiger partial charge in [0.25, 0.3) is 0 Å². The topological polar surface area (TPSA) is 66.6 Å². The van der Waals surface area contributed by atoms with Gasteiger partial charge in [-0.05, 0) is 45.7 Å². The van der Waals surface area contributed by atoms with Gasteiger partial charge in [0.1, 0.15) is 0 Å².